The lowest BCUT2D eigenvalue weighted by atomic mass is 9.95. The Kier molecular flexibility index (Phi) is 32.8. The molecule has 0 aromatic heterocycles. The van der Waals surface area contributed by atoms with Crippen LogP contribution in [0.15, 0.2) is 0 Å². The van der Waals surface area contributed by atoms with E-state index in [0.29, 0.717) is 12.8 Å². The maximum Gasteiger partial charge on any atom is 0.187 e. The average Bonchev–Trinajstić information content (AvgIpc) is 0.778. The predicted molar refractivity (Wildman–Crippen MR) is 324 cm³/mol. The molecule has 620 valence electrons. The molecule has 0 aromatic rings. The second kappa shape index (κ2) is 39.4. The number of hydrogen-bond acceptors (Lipinski definition) is 47. The molecule has 0 spiro atoms. The summed E-state index contributed by atoms with van der Waals surface area (Å²) in [6.45, 7) is -9.34. The number of unbranched alkanes of at least 4 members (excludes halogenated alkanes) is 2. The summed E-state index contributed by atoms with van der Waals surface area (Å²) in [6.07, 6.45) is -92.1. The molecule has 9 heterocycles. The molecule has 0 bridgehead atoms. The van der Waals surface area contributed by atoms with Crippen LogP contribution in [0, 0.1) is 0 Å². The summed E-state index contributed by atoms with van der Waals surface area (Å²) in [5.74, 6) is 0. The van der Waals surface area contributed by atoms with Crippen LogP contribution in [0.5, 0.6) is 0 Å². The van der Waals surface area contributed by atoms with Crippen LogP contribution in [0.4, 0.5) is 0 Å². The third kappa shape index (κ3) is 19.2. The van der Waals surface area contributed by atoms with Gasteiger partial charge in [-0.3, -0.25) is 0 Å². The van der Waals surface area contributed by atoms with Gasteiger partial charge in [-0.25, -0.2) is 0 Å². The fourth-order valence-electron chi connectivity index (χ4n) is 13.4. The van der Waals surface area contributed by atoms with Crippen LogP contribution in [-0.2, 0) is 85.3 Å². The SMILES string of the molecule is NCCCCCO[C@H]1O[C@H](CO[C@H]2O[C@H](CO[C@H]3O[C@H](CO)[C@@H](O)[C@H](O)[C@@H]3O[C@H]3O[C@H](CO)[C@@H](O)[C@H](O)[C@@H]3O)[C@@H](O)[C@H](O[C@H]3O[C@H](CO)[C@@H](O)[C@H](O)[C@@H]3O[C@H]3O[C@H](CO)[C@@H](O)[C@H](O)[C@@H]3O)[C@@H]2O)[C@@H](O)[C@H](O[C@H]2O[C@H](CO)[C@@H](O)[C@H](O)[C@@H]2O[C@H]2O[C@H](CO)[C@@H](O)[C@H](O)[C@@H]2O[C@H]2O[C@H](CO)[C@@H](O)[C@H](O)[C@@H]2O)[C@@H]1O. The minimum absolute atomic E-state index is 0.222. The Morgan fingerprint density at radius 3 is 0.736 bits per heavy atom. The topological polar surface area (TPSA) is 759 Å². The maximum atomic E-state index is 12.4. The van der Waals surface area contributed by atoms with Gasteiger partial charge < -0.3 is 234 Å². The second-order valence-electron chi connectivity index (χ2n) is 27.0. The first-order chi connectivity index (χ1) is 50.4. The number of aliphatic hydroxyl groups is 28. The first-order valence-electron chi connectivity index (χ1n) is 34.4. The highest BCUT2D eigenvalue weighted by Gasteiger charge is 2.60. The Balaban J connectivity index is 1.02. The summed E-state index contributed by atoms with van der Waals surface area (Å²) < 4.78 is 105. The highest BCUT2D eigenvalue weighted by Crippen LogP contribution is 2.40. The van der Waals surface area contributed by atoms with Gasteiger partial charge in [-0.15, -0.1) is 0 Å². The number of rotatable bonds is 31. The minimum atomic E-state index is -2.42. The van der Waals surface area contributed by atoms with Crippen LogP contribution in [0.25, 0.3) is 0 Å². The Hall–Kier alpha value is -1.88. The zero-order valence-electron chi connectivity index (χ0n) is 56.3. The monoisotopic (exact) mass is 1560 g/mol. The molecule has 0 amide bonds. The molecule has 9 aliphatic rings. The zero-order chi connectivity index (χ0) is 77.6. The second-order valence-corrected chi connectivity index (χ2v) is 27.0. The van der Waals surface area contributed by atoms with E-state index in [2.05, 4.69) is 0 Å². The lowest BCUT2D eigenvalue weighted by molar-refractivity contribution is -0.405. The first kappa shape index (κ1) is 88.1. The molecule has 9 saturated heterocycles. The van der Waals surface area contributed by atoms with E-state index in [-0.39, 0.29) is 19.6 Å². The highest BCUT2D eigenvalue weighted by atomic mass is 16.8. The summed E-state index contributed by atoms with van der Waals surface area (Å²) in [6, 6.07) is 0. The van der Waals surface area contributed by atoms with Crippen molar-refractivity contribution < 1.29 is 228 Å². The fraction of sp³-hybridized carbons (Fsp3) is 1.00. The molecule has 9 rings (SSSR count). The number of nitrogens with two attached hydrogens (primary N) is 1. The van der Waals surface area contributed by atoms with E-state index in [1.54, 1.807) is 0 Å². The standard InChI is InChI=1S/C59H103NO46/c60-4-2-1-3-5-89-51-43(87)45(101-58-50(39(83)30(74)20(11-66)97-58)106-59-49(38(82)29(73)21(12-67)98-59)105-55-42(86)35(79)26(70)17(8-63)94-55)31(75)22(99-51)13-90-52-44(88)46(102-57-48(37(81)28(72)19(10-65)96-57)104-54-41(85)34(78)25(69)16(7-62)93-54)32(76)23(100-52)14-91-56-47(36(80)27(71)18(9-64)95-56)103-53-40(84)33(77)24(68)15(6-61)92-53/h15-59,61-88H,1-14,60H2/t15-,16-,17-,18-,19-,20-,21-,22-,23-,24-,25-,26-,27-,28-,29-,30-,31-,32-,33+,34+,35+,36+,37+,38+,39+,40+,41+,42+,43+,44+,45+,46+,47+,48+,49+,50+,51+,52+,53-,54-,55-,56+,57-,58-,59-/m1/s1. The zero-order valence-corrected chi connectivity index (χ0v) is 56.3. The van der Waals surface area contributed by atoms with Crippen molar-refractivity contribution in [3.8, 4) is 0 Å². The molecular weight excluding hydrogens is 1460 g/mol. The molecule has 47 nitrogen and oxygen atoms in total. The molecule has 0 aliphatic carbocycles. The smallest absolute Gasteiger partial charge is 0.187 e. The lowest BCUT2D eigenvalue weighted by Crippen LogP contribution is -2.68. The fourth-order valence-corrected chi connectivity index (χ4v) is 13.4. The number of ether oxygens (including phenoxy) is 18. The van der Waals surface area contributed by atoms with Crippen molar-refractivity contribution in [2.45, 2.75) is 296 Å². The molecule has 9 aliphatic heterocycles. The van der Waals surface area contributed by atoms with Crippen LogP contribution < -0.4 is 5.73 Å². The van der Waals surface area contributed by atoms with Gasteiger partial charge in [0.15, 0.2) is 56.6 Å². The molecule has 106 heavy (non-hydrogen) atoms. The van der Waals surface area contributed by atoms with Crippen molar-refractivity contribution in [1.29, 1.82) is 0 Å². The van der Waals surface area contributed by atoms with Gasteiger partial charge in [0.05, 0.1) is 59.5 Å². The van der Waals surface area contributed by atoms with Gasteiger partial charge in [0.1, 0.15) is 220 Å². The maximum absolute atomic E-state index is 12.4. The van der Waals surface area contributed by atoms with E-state index >= 15 is 0 Å². The van der Waals surface area contributed by atoms with Crippen LogP contribution in [0.3, 0.4) is 0 Å². The molecule has 9 fully saturated rings. The molecule has 0 unspecified atom stereocenters. The summed E-state index contributed by atoms with van der Waals surface area (Å²) in [4.78, 5) is 0. The summed E-state index contributed by atoms with van der Waals surface area (Å²) in [7, 11) is 0. The molecule has 30 N–H and O–H groups in total. The van der Waals surface area contributed by atoms with E-state index in [9.17, 15) is 143 Å². The molecule has 45 atom stereocenters. The van der Waals surface area contributed by atoms with E-state index in [1.165, 1.54) is 0 Å². The quantitative estimate of drug-likeness (QED) is 0.0287. The third-order valence-electron chi connectivity index (χ3n) is 19.9. The summed E-state index contributed by atoms with van der Waals surface area (Å²) in [5, 5.41) is 306. The third-order valence-corrected chi connectivity index (χ3v) is 19.9. The summed E-state index contributed by atoms with van der Waals surface area (Å²) >= 11 is 0. The van der Waals surface area contributed by atoms with Gasteiger partial charge in [0.2, 0.25) is 0 Å². The van der Waals surface area contributed by atoms with Crippen molar-refractivity contribution >= 4 is 0 Å². The van der Waals surface area contributed by atoms with Crippen molar-refractivity contribution in [3.63, 3.8) is 0 Å². The minimum Gasteiger partial charge on any atom is -0.394 e. The van der Waals surface area contributed by atoms with E-state index in [0.717, 1.165) is 0 Å². The van der Waals surface area contributed by atoms with Crippen LogP contribution in [-0.4, -0.2) is 492 Å². The van der Waals surface area contributed by atoms with E-state index in [4.69, 9.17) is 91.0 Å². The van der Waals surface area contributed by atoms with Crippen LogP contribution in [0.2, 0.25) is 0 Å². The molecule has 47 heteroatoms. The van der Waals surface area contributed by atoms with Crippen molar-refractivity contribution in [3.05, 3.63) is 0 Å². The number of hydrogen-bond donors (Lipinski definition) is 29. The van der Waals surface area contributed by atoms with Gasteiger partial charge in [-0.1, -0.05) is 0 Å². The van der Waals surface area contributed by atoms with Gasteiger partial charge in [-0.05, 0) is 25.8 Å². The van der Waals surface area contributed by atoms with Crippen LogP contribution in [0.1, 0.15) is 19.3 Å². The van der Waals surface area contributed by atoms with Crippen LogP contribution >= 0.6 is 0 Å². The highest BCUT2D eigenvalue weighted by molar-refractivity contribution is 5.02. The van der Waals surface area contributed by atoms with Gasteiger partial charge in [0, 0.05) is 6.61 Å². The molecule has 0 radical (unpaired) electrons. The van der Waals surface area contributed by atoms with Gasteiger partial charge in [0.25, 0.3) is 0 Å². The molecule has 0 saturated carbocycles. The summed E-state index contributed by atoms with van der Waals surface area (Å²) in [5.41, 5.74) is 5.69. The molecule has 0 aromatic carbocycles. The Morgan fingerprint density at radius 2 is 0.434 bits per heavy atom. The van der Waals surface area contributed by atoms with E-state index < -0.39 is 336 Å². The Bertz CT molecular complexity index is 2570. The van der Waals surface area contributed by atoms with Crippen molar-refractivity contribution in [2.75, 3.05) is 72.6 Å². The van der Waals surface area contributed by atoms with Gasteiger partial charge >= 0.3 is 0 Å². The van der Waals surface area contributed by atoms with E-state index in [1.807, 2.05) is 0 Å². The molecular formula is C59H103NO46. The largest absolute Gasteiger partial charge is 0.394 e. The first-order valence-corrected chi connectivity index (χ1v) is 34.4. The lowest BCUT2D eigenvalue weighted by Gasteiger charge is -2.50. The predicted octanol–water partition coefficient (Wildman–Crippen LogP) is -19.5. The van der Waals surface area contributed by atoms with Gasteiger partial charge in [-0.2, -0.15) is 0 Å². The normalized spacial score (nSPS) is 51.3. The number of aliphatic hydroxyl groups excluding tert-OH is 28. The van der Waals surface area contributed by atoms with Crippen molar-refractivity contribution in [2.24, 2.45) is 5.73 Å². The Labute approximate surface area is 600 Å². The average molecular weight is 1560 g/mol. The Morgan fingerprint density at radius 1 is 0.198 bits per heavy atom. The van der Waals surface area contributed by atoms with Crippen molar-refractivity contribution in [1.82, 2.24) is 0 Å².